The SMILES string of the molecule is Cc1cc(C)c2sc(N(CCCN3CCOCC3)C(=O)c3ccc(S(=O)(=O)N(CC(C)C)CC(C)C)cc3)nc2c1. The van der Waals surface area contributed by atoms with Gasteiger partial charge in [-0.2, -0.15) is 4.31 Å². The average Bonchev–Trinajstić information content (AvgIpc) is 3.34. The third-order valence-corrected chi connectivity index (χ3v) is 10.2. The lowest BCUT2D eigenvalue weighted by Gasteiger charge is -2.28. The third kappa shape index (κ3) is 7.93. The first-order chi connectivity index (χ1) is 19.5. The van der Waals surface area contributed by atoms with Gasteiger partial charge in [-0.25, -0.2) is 13.4 Å². The molecule has 4 rings (SSSR count). The number of anilines is 1. The number of aryl methyl sites for hydroxylation is 2. The molecule has 0 bridgehead atoms. The minimum absolute atomic E-state index is 0.175. The Balaban J connectivity index is 1.60. The van der Waals surface area contributed by atoms with Gasteiger partial charge in [0.05, 0.1) is 28.3 Å². The predicted octanol–water partition coefficient (Wildman–Crippen LogP) is 5.58. The fraction of sp³-hybridized carbons (Fsp3) is 0.548. The molecule has 224 valence electrons. The summed E-state index contributed by atoms with van der Waals surface area (Å²) in [6, 6.07) is 10.6. The summed E-state index contributed by atoms with van der Waals surface area (Å²) >= 11 is 1.53. The summed E-state index contributed by atoms with van der Waals surface area (Å²) in [6.07, 6.45) is 0.797. The van der Waals surface area contributed by atoms with E-state index in [-0.39, 0.29) is 22.6 Å². The number of carbonyl (C=O) groups excluding carboxylic acids is 1. The topological polar surface area (TPSA) is 83.0 Å². The van der Waals surface area contributed by atoms with Crippen LogP contribution in [0.5, 0.6) is 0 Å². The number of carbonyl (C=O) groups is 1. The van der Waals surface area contributed by atoms with Crippen LogP contribution < -0.4 is 4.90 Å². The first kappa shape index (κ1) is 31.6. The van der Waals surface area contributed by atoms with E-state index in [0.717, 1.165) is 60.6 Å². The monoisotopic (exact) mass is 600 g/mol. The van der Waals surface area contributed by atoms with E-state index in [1.54, 1.807) is 33.5 Å². The average molecular weight is 601 g/mol. The summed E-state index contributed by atoms with van der Waals surface area (Å²) in [5.74, 6) is 0.235. The smallest absolute Gasteiger partial charge is 0.260 e. The number of amides is 1. The molecule has 1 amide bonds. The summed E-state index contributed by atoms with van der Waals surface area (Å²) in [5, 5.41) is 0.664. The Morgan fingerprint density at radius 2 is 1.66 bits per heavy atom. The van der Waals surface area contributed by atoms with Crippen molar-refractivity contribution < 1.29 is 17.9 Å². The second kappa shape index (κ2) is 13.7. The van der Waals surface area contributed by atoms with E-state index >= 15 is 0 Å². The Morgan fingerprint density at radius 3 is 2.27 bits per heavy atom. The van der Waals surface area contributed by atoms with E-state index in [0.29, 0.717) is 30.3 Å². The molecule has 0 saturated carbocycles. The van der Waals surface area contributed by atoms with Crippen LogP contribution in [0.3, 0.4) is 0 Å². The van der Waals surface area contributed by atoms with Crippen molar-refractivity contribution in [1.82, 2.24) is 14.2 Å². The lowest BCUT2D eigenvalue weighted by molar-refractivity contribution is 0.0376. The van der Waals surface area contributed by atoms with Gasteiger partial charge in [0.1, 0.15) is 0 Å². The molecule has 3 aromatic rings. The van der Waals surface area contributed by atoms with Crippen LogP contribution in [0, 0.1) is 25.7 Å². The number of morpholine rings is 1. The third-order valence-electron chi connectivity index (χ3n) is 7.12. The van der Waals surface area contributed by atoms with Crippen molar-refractivity contribution in [2.45, 2.75) is 52.9 Å². The maximum Gasteiger partial charge on any atom is 0.260 e. The predicted molar refractivity (Wildman–Crippen MR) is 168 cm³/mol. The fourth-order valence-corrected chi connectivity index (χ4v) is 8.01. The number of sulfonamides is 1. The van der Waals surface area contributed by atoms with Gasteiger partial charge in [0.25, 0.3) is 5.91 Å². The summed E-state index contributed by atoms with van der Waals surface area (Å²) in [5.41, 5.74) is 3.62. The molecule has 1 fully saturated rings. The number of benzene rings is 2. The lowest BCUT2D eigenvalue weighted by atomic mass is 10.1. The van der Waals surface area contributed by atoms with Crippen LogP contribution in [0.25, 0.3) is 10.2 Å². The second-order valence-corrected chi connectivity index (χ2v) is 14.7. The van der Waals surface area contributed by atoms with Gasteiger partial charge in [0.15, 0.2) is 5.13 Å². The van der Waals surface area contributed by atoms with Crippen molar-refractivity contribution in [2.75, 3.05) is 57.4 Å². The maximum atomic E-state index is 13.9. The molecule has 41 heavy (non-hydrogen) atoms. The van der Waals surface area contributed by atoms with E-state index in [1.807, 2.05) is 27.7 Å². The first-order valence-corrected chi connectivity index (χ1v) is 16.8. The van der Waals surface area contributed by atoms with Crippen LogP contribution in [-0.4, -0.2) is 81.0 Å². The van der Waals surface area contributed by atoms with Gasteiger partial charge in [-0.05, 0) is 73.6 Å². The van der Waals surface area contributed by atoms with Crippen molar-refractivity contribution in [3.8, 4) is 0 Å². The Hall–Kier alpha value is -2.37. The largest absolute Gasteiger partial charge is 0.379 e. The molecule has 1 aliphatic heterocycles. The van der Waals surface area contributed by atoms with Gasteiger partial charge in [-0.1, -0.05) is 45.1 Å². The Bertz CT molecular complexity index is 1420. The standard InChI is InChI=1S/C31H44N4O4S2/c1-22(2)20-34(21-23(3)4)41(37,38)27-10-8-26(9-11-27)30(36)35(13-7-12-33-14-16-39-17-15-33)31-32-28-19-24(5)18-25(6)29(28)40-31/h8-11,18-19,22-23H,7,12-17,20-21H2,1-6H3. The highest BCUT2D eigenvalue weighted by molar-refractivity contribution is 7.89. The summed E-state index contributed by atoms with van der Waals surface area (Å²) in [7, 11) is -3.68. The van der Waals surface area contributed by atoms with Crippen LogP contribution in [-0.2, 0) is 14.8 Å². The molecule has 0 aliphatic carbocycles. The van der Waals surface area contributed by atoms with Gasteiger partial charge in [-0.3, -0.25) is 14.6 Å². The summed E-state index contributed by atoms with van der Waals surface area (Å²) < 4.78 is 35.1. The van der Waals surface area contributed by atoms with Crippen molar-refractivity contribution >= 4 is 42.6 Å². The highest BCUT2D eigenvalue weighted by Gasteiger charge is 2.27. The Labute approximate surface area is 249 Å². The number of hydrogen-bond acceptors (Lipinski definition) is 7. The zero-order chi connectivity index (χ0) is 29.7. The number of thiazole rings is 1. The number of hydrogen-bond donors (Lipinski definition) is 0. The summed E-state index contributed by atoms with van der Waals surface area (Å²) in [6.45, 7) is 17.8. The molecule has 8 nitrogen and oxygen atoms in total. The second-order valence-electron chi connectivity index (χ2n) is 11.8. The molecule has 2 heterocycles. The molecule has 1 saturated heterocycles. The van der Waals surface area contributed by atoms with E-state index in [2.05, 4.69) is 30.9 Å². The van der Waals surface area contributed by atoms with E-state index in [1.165, 1.54) is 11.3 Å². The molecule has 0 radical (unpaired) electrons. The van der Waals surface area contributed by atoms with Crippen molar-refractivity contribution in [3.05, 3.63) is 53.1 Å². The highest BCUT2D eigenvalue weighted by atomic mass is 32.2. The molecule has 0 spiro atoms. The molecule has 2 aromatic carbocycles. The zero-order valence-electron chi connectivity index (χ0n) is 25.2. The summed E-state index contributed by atoms with van der Waals surface area (Å²) in [4.78, 5) is 23.1. The Kier molecular flexibility index (Phi) is 10.6. The number of nitrogens with zero attached hydrogens (tertiary/aromatic N) is 4. The molecule has 1 aliphatic rings. The minimum atomic E-state index is -3.68. The molecule has 0 unspecified atom stereocenters. The van der Waals surface area contributed by atoms with Gasteiger partial charge in [0, 0.05) is 44.8 Å². The molecular weight excluding hydrogens is 556 g/mol. The van der Waals surface area contributed by atoms with Gasteiger partial charge < -0.3 is 4.74 Å². The fourth-order valence-electron chi connectivity index (χ4n) is 5.20. The number of aromatic nitrogens is 1. The van der Waals surface area contributed by atoms with E-state index in [4.69, 9.17) is 9.72 Å². The van der Waals surface area contributed by atoms with Crippen molar-refractivity contribution in [1.29, 1.82) is 0 Å². The number of fused-ring (bicyclic) bond motifs is 1. The Morgan fingerprint density at radius 1 is 1.02 bits per heavy atom. The quantitative estimate of drug-likeness (QED) is 0.270. The van der Waals surface area contributed by atoms with E-state index in [9.17, 15) is 13.2 Å². The first-order valence-electron chi connectivity index (χ1n) is 14.6. The highest BCUT2D eigenvalue weighted by Crippen LogP contribution is 2.33. The van der Waals surface area contributed by atoms with Crippen LogP contribution in [0.15, 0.2) is 41.3 Å². The number of rotatable bonds is 12. The number of ether oxygens (including phenoxy) is 1. The van der Waals surface area contributed by atoms with Crippen molar-refractivity contribution in [3.63, 3.8) is 0 Å². The molecular formula is C31H44N4O4S2. The maximum absolute atomic E-state index is 13.9. The van der Waals surface area contributed by atoms with Crippen LogP contribution in [0.2, 0.25) is 0 Å². The van der Waals surface area contributed by atoms with Gasteiger partial charge in [-0.15, -0.1) is 0 Å². The van der Waals surface area contributed by atoms with Crippen LogP contribution in [0.4, 0.5) is 5.13 Å². The minimum Gasteiger partial charge on any atom is -0.379 e. The molecule has 1 aromatic heterocycles. The van der Waals surface area contributed by atoms with E-state index < -0.39 is 10.0 Å². The molecule has 10 heteroatoms. The zero-order valence-corrected chi connectivity index (χ0v) is 26.9. The van der Waals surface area contributed by atoms with Crippen molar-refractivity contribution in [2.24, 2.45) is 11.8 Å². The molecule has 0 atom stereocenters. The van der Waals surface area contributed by atoms with Gasteiger partial charge >= 0.3 is 0 Å². The normalized spacial score (nSPS) is 15.0. The lowest BCUT2D eigenvalue weighted by Crippen LogP contribution is -2.39. The van der Waals surface area contributed by atoms with Crippen LogP contribution in [0.1, 0.15) is 55.6 Å². The van der Waals surface area contributed by atoms with Crippen LogP contribution >= 0.6 is 11.3 Å². The van der Waals surface area contributed by atoms with Gasteiger partial charge in [0.2, 0.25) is 10.0 Å². The molecule has 0 N–H and O–H groups in total.